The summed E-state index contributed by atoms with van der Waals surface area (Å²) in [5.41, 5.74) is 6.30. The van der Waals surface area contributed by atoms with Crippen molar-refractivity contribution in [3.8, 4) is 5.75 Å². The Hall–Kier alpha value is -2.01. The first-order valence-corrected chi connectivity index (χ1v) is 6.09. The molecule has 2 N–H and O–H groups in total. The summed E-state index contributed by atoms with van der Waals surface area (Å²) in [6.45, 7) is 1.48. The number of nitrogens with two attached hydrogens (primary N) is 1. The van der Waals surface area contributed by atoms with Crippen LogP contribution in [0.15, 0.2) is 36.4 Å². The maximum Gasteiger partial charge on any atom is 0.165 e. The summed E-state index contributed by atoms with van der Waals surface area (Å²) in [7, 11) is 0. The minimum absolute atomic E-state index is 0.0284. The highest BCUT2D eigenvalue weighted by atomic mass is 19.1. The topological polar surface area (TPSA) is 35.2 Å². The van der Waals surface area contributed by atoms with Crippen LogP contribution >= 0.6 is 0 Å². The van der Waals surface area contributed by atoms with E-state index in [0.717, 1.165) is 18.2 Å². The lowest BCUT2D eigenvalue weighted by Gasteiger charge is -2.11. The summed E-state index contributed by atoms with van der Waals surface area (Å²) in [6.07, 6.45) is 0. The zero-order valence-electron chi connectivity index (χ0n) is 10.9. The van der Waals surface area contributed by atoms with Crippen LogP contribution in [0.25, 0.3) is 0 Å². The number of benzene rings is 2. The van der Waals surface area contributed by atoms with E-state index in [2.05, 4.69) is 0 Å². The second kappa shape index (κ2) is 5.96. The van der Waals surface area contributed by atoms with Crippen molar-refractivity contribution < 1.29 is 17.9 Å². The first-order chi connectivity index (χ1) is 9.47. The maximum atomic E-state index is 13.7. The van der Waals surface area contributed by atoms with Crippen LogP contribution in [-0.2, 0) is 6.61 Å². The Morgan fingerprint density at radius 2 is 1.80 bits per heavy atom. The van der Waals surface area contributed by atoms with E-state index in [1.807, 2.05) is 0 Å². The van der Waals surface area contributed by atoms with Crippen molar-refractivity contribution in [1.29, 1.82) is 0 Å². The summed E-state index contributed by atoms with van der Waals surface area (Å²) < 4.78 is 45.3. The van der Waals surface area contributed by atoms with Crippen LogP contribution in [0.5, 0.6) is 5.75 Å². The highest BCUT2D eigenvalue weighted by Crippen LogP contribution is 2.22. The van der Waals surface area contributed by atoms with Crippen molar-refractivity contribution in [2.45, 2.75) is 19.6 Å². The monoisotopic (exact) mass is 281 g/mol. The van der Waals surface area contributed by atoms with Crippen molar-refractivity contribution in [2.75, 3.05) is 0 Å². The molecule has 0 heterocycles. The third-order valence-corrected chi connectivity index (χ3v) is 2.87. The lowest BCUT2D eigenvalue weighted by molar-refractivity contribution is 0.284. The molecule has 2 aromatic rings. The van der Waals surface area contributed by atoms with Gasteiger partial charge in [-0.15, -0.1) is 0 Å². The van der Waals surface area contributed by atoms with E-state index in [0.29, 0.717) is 5.56 Å². The normalized spacial score (nSPS) is 12.2. The van der Waals surface area contributed by atoms with Crippen LogP contribution in [0.2, 0.25) is 0 Å². The quantitative estimate of drug-likeness (QED) is 0.927. The molecule has 0 aliphatic heterocycles. The van der Waals surface area contributed by atoms with Gasteiger partial charge in [-0.25, -0.2) is 13.2 Å². The Morgan fingerprint density at radius 1 is 1.05 bits per heavy atom. The Kier molecular flexibility index (Phi) is 4.29. The molecule has 20 heavy (non-hydrogen) atoms. The van der Waals surface area contributed by atoms with Gasteiger partial charge in [0.15, 0.2) is 11.6 Å². The van der Waals surface area contributed by atoms with E-state index in [1.54, 1.807) is 13.0 Å². The third kappa shape index (κ3) is 3.30. The molecule has 0 radical (unpaired) electrons. The van der Waals surface area contributed by atoms with Crippen molar-refractivity contribution in [1.82, 2.24) is 0 Å². The number of ether oxygens (including phenoxy) is 1. The van der Waals surface area contributed by atoms with Gasteiger partial charge >= 0.3 is 0 Å². The lowest BCUT2D eigenvalue weighted by Crippen LogP contribution is -2.06. The molecule has 0 bridgehead atoms. The molecule has 0 spiro atoms. The summed E-state index contributed by atoms with van der Waals surface area (Å²) in [5, 5.41) is 0. The third-order valence-electron chi connectivity index (χ3n) is 2.87. The molecule has 1 atom stereocenters. The molecule has 0 aliphatic rings. The van der Waals surface area contributed by atoms with Crippen molar-refractivity contribution in [2.24, 2.45) is 5.73 Å². The molecule has 2 rings (SSSR count). The van der Waals surface area contributed by atoms with E-state index in [1.165, 1.54) is 12.1 Å². The molecule has 0 amide bonds. The van der Waals surface area contributed by atoms with E-state index in [9.17, 15) is 13.2 Å². The molecular formula is C15H14F3NO. The Bertz CT molecular complexity index is 614. The Morgan fingerprint density at radius 3 is 2.45 bits per heavy atom. The zero-order chi connectivity index (χ0) is 14.7. The zero-order valence-corrected chi connectivity index (χ0v) is 10.9. The highest BCUT2D eigenvalue weighted by Gasteiger charge is 2.09. The van der Waals surface area contributed by atoms with Gasteiger partial charge in [0.2, 0.25) is 0 Å². The maximum absolute atomic E-state index is 13.7. The first-order valence-electron chi connectivity index (χ1n) is 6.09. The summed E-state index contributed by atoms with van der Waals surface area (Å²) in [6, 6.07) is 7.06. The Balaban J connectivity index is 2.13. The largest absolute Gasteiger partial charge is 0.486 e. The van der Waals surface area contributed by atoms with Crippen LogP contribution < -0.4 is 10.5 Å². The summed E-state index contributed by atoms with van der Waals surface area (Å²) in [5.74, 6) is -1.79. The molecule has 106 valence electrons. The second-order valence-corrected chi connectivity index (χ2v) is 4.50. The molecule has 5 heteroatoms. The average molecular weight is 281 g/mol. The van der Waals surface area contributed by atoms with Gasteiger partial charge in [-0.05, 0) is 42.8 Å². The van der Waals surface area contributed by atoms with E-state index in [-0.39, 0.29) is 24.0 Å². The van der Waals surface area contributed by atoms with Gasteiger partial charge in [0.05, 0.1) is 0 Å². The van der Waals surface area contributed by atoms with Gasteiger partial charge in [0, 0.05) is 11.6 Å². The standard InChI is InChI=1S/C15H14F3NO/c1-9(19)10-2-5-15(14(18)7-10)20-8-11-6-12(16)3-4-13(11)17/h2-7,9H,8,19H2,1H3. The molecule has 2 aromatic carbocycles. The fraction of sp³-hybridized carbons (Fsp3) is 0.200. The van der Waals surface area contributed by atoms with E-state index < -0.39 is 17.5 Å². The van der Waals surface area contributed by atoms with Gasteiger partial charge in [-0.3, -0.25) is 0 Å². The fourth-order valence-electron chi connectivity index (χ4n) is 1.73. The molecule has 0 aliphatic carbocycles. The predicted molar refractivity (Wildman–Crippen MR) is 69.7 cm³/mol. The molecule has 0 aromatic heterocycles. The molecule has 1 unspecified atom stereocenters. The van der Waals surface area contributed by atoms with Gasteiger partial charge in [0.25, 0.3) is 0 Å². The van der Waals surface area contributed by atoms with Gasteiger partial charge in [-0.1, -0.05) is 6.07 Å². The number of hydrogen-bond donors (Lipinski definition) is 1. The van der Waals surface area contributed by atoms with Gasteiger partial charge in [0.1, 0.15) is 18.2 Å². The highest BCUT2D eigenvalue weighted by molar-refractivity contribution is 5.31. The smallest absolute Gasteiger partial charge is 0.165 e. The van der Waals surface area contributed by atoms with Crippen LogP contribution in [0.1, 0.15) is 24.1 Å². The molecule has 0 fully saturated rings. The lowest BCUT2D eigenvalue weighted by atomic mass is 10.1. The number of hydrogen-bond acceptors (Lipinski definition) is 2. The van der Waals surface area contributed by atoms with Crippen LogP contribution in [0, 0.1) is 17.5 Å². The van der Waals surface area contributed by atoms with E-state index >= 15 is 0 Å². The SMILES string of the molecule is CC(N)c1ccc(OCc2cc(F)ccc2F)c(F)c1. The minimum Gasteiger partial charge on any atom is -0.486 e. The van der Waals surface area contributed by atoms with Crippen molar-refractivity contribution >= 4 is 0 Å². The minimum atomic E-state index is -0.598. The summed E-state index contributed by atoms with van der Waals surface area (Å²) >= 11 is 0. The molecule has 0 saturated carbocycles. The van der Waals surface area contributed by atoms with Crippen molar-refractivity contribution in [3.05, 3.63) is 65.0 Å². The molecule has 0 saturated heterocycles. The van der Waals surface area contributed by atoms with Crippen LogP contribution in [0.3, 0.4) is 0 Å². The average Bonchev–Trinajstić information content (AvgIpc) is 2.40. The van der Waals surface area contributed by atoms with Crippen LogP contribution in [-0.4, -0.2) is 0 Å². The fourth-order valence-corrected chi connectivity index (χ4v) is 1.73. The predicted octanol–water partition coefficient (Wildman–Crippen LogP) is 3.70. The van der Waals surface area contributed by atoms with Crippen LogP contribution in [0.4, 0.5) is 13.2 Å². The Labute approximate surface area is 115 Å². The first kappa shape index (κ1) is 14.4. The van der Waals surface area contributed by atoms with E-state index in [4.69, 9.17) is 10.5 Å². The van der Waals surface area contributed by atoms with Crippen molar-refractivity contribution in [3.63, 3.8) is 0 Å². The summed E-state index contributed by atoms with van der Waals surface area (Å²) in [4.78, 5) is 0. The van der Waals surface area contributed by atoms with Gasteiger partial charge < -0.3 is 10.5 Å². The molecular weight excluding hydrogens is 267 g/mol. The van der Waals surface area contributed by atoms with Gasteiger partial charge in [-0.2, -0.15) is 0 Å². The second-order valence-electron chi connectivity index (χ2n) is 4.50. The molecule has 2 nitrogen and oxygen atoms in total. The number of halogens is 3. The number of rotatable bonds is 4.